The number of hydrogen-bond donors (Lipinski definition) is 2. The molecule has 2 heterocycles. The maximum Gasteiger partial charge on any atom is 0.353 e. The number of rotatable bonds is 1. The van der Waals surface area contributed by atoms with Gasteiger partial charge in [0.15, 0.2) is 0 Å². The van der Waals surface area contributed by atoms with Crippen molar-refractivity contribution in [3.05, 3.63) is 27.7 Å². The Morgan fingerprint density at radius 1 is 1.67 bits per heavy atom. The molecule has 0 fully saturated rings. The number of carboxylic acids is 1. The molecular formula is C9H6BrFN2O2. The topological polar surface area (TPSA) is 66.0 Å². The first-order chi connectivity index (χ1) is 7.00. The van der Waals surface area contributed by atoms with Crippen LogP contribution in [0, 0.1) is 12.7 Å². The van der Waals surface area contributed by atoms with Gasteiger partial charge in [-0.3, -0.25) is 0 Å². The Kier molecular flexibility index (Phi) is 2.22. The van der Waals surface area contributed by atoms with E-state index in [9.17, 15) is 9.18 Å². The maximum atomic E-state index is 13.5. The van der Waals surface area contributed by atoms with Crippen LogP contribution in [0.2, 0.25) is 0 Å². The van der Waals surface area contributed by atoms with Gasteiger partial charge in [-0.25, -0.2) is 14.2 Å². The second-order valence-corrected chi connectivity index (χ2v) is 3.88. The molecule has 0 bridgehead atoms. The second-order valence-electron chi connectivity index (χ2n) is 3.09. The Morgan fingerprint density at radius 2 is 2.33 bits per heavy atom. The molecule has 2 aromatic rings. The lowest BCUT2D eigenvalue weighted by Crippen LogP contribution is -1.96. The summed E-state index contributed by atoms with van der Waals surface area (Å²) in [5.74, 6) is -1.65. The third kappa shape index (κ3) is 1.50. The van der Waals surface area contributed by atoms with E-state index in [-0.39, 0.29) is 21.2 Å². The van der Waals surface area contributed by atoms with Gasteiger partial charge in [-0.2, -0.15) is 0 Å². The Balaban J connectivity index is 2.88. The van der Waals surface area contributed by atoms with E-state index < -0.39 is 11.8 Å². The minimum absolute atomic E-state index is 0.0954. The number of nitrogens with zero attached hydrogens (tertiary/aromatic N) is 1. The van der Waals surface area contributed by atoms with Crippen LogP contribution in [0.15, 0.2) is 10.5 Å². The third-order valence-electron chi connectivity index (χ3n) is 2.00. The molecule has 0 atom stereocenters. The molecule has 2 N–H and O–H groups in total. The zero-order valence-electron chi connectivity index (χ0n) is 7.64. The number of aromatic carboxylic acids is 1. The zero-order chi connectivity index (χ0) is 11.2. The number of carbonyl (C=O) groups is 1. The number of aromatic nitrogens is 2. The average Bonchev–Trinajstić information content (AvgIpc) is 2.42. The summed E-state index contributed by atoms with van der Waals surface area (Å²) in [5.41, 5.74) is 0.629. The summed E-state index contributed by atoms with van der Waals surface area (Å²) in [7, 11) is 0. The van der Waals surface area contributed by atoms with Crippen LogP contribution < -0.4 is 0 Å². The first-order valence-corrected chi connectivity index (χ1v) is 4.87. The highest BCUT2D eigenvalue weighted by molar-refractivity contribution is 9.10. The predicted octanol–water partition coefficient (Wildman–Crippen LogP) is 2.47. The van der Waals surface area contributed by atoms with E-state index >= 15 is 0 Å². The number of aromatic amines is 1. The fourth-order valence-electron chi connectivity index (χ4n) is 1.38. The van der Waals surface area contributed by atoms with Gasteiger partial charge >= 0.3 is 5.97 Å². The molecule has 0 saturated carbocycles. The third-order valence-corrected chi connectivity index (χ3v) is 2.79. The minimum Gasteiger partial charge on any atom is -0.477 e. The van der Waals surface area contributed by atoms with Crippen molar-refractivity contribution in [2.45, 2.75) is 6.92 Å². The van der Waals surface area contributed by atoms with E-state index in [0.29, 0.717) is 5.69 Å². The predicted molar refractivity (Wildman–Crippen MR) is 55.4 cm³/mol. The molecule has 0 spiro atoms. The van der Waals surface area contributed by atoms with Crippen molar-refractivity contribution in [3.8, 4) is 0 Å². The fourth-order valence-corrected chi connectivity index (χ4v) is 2.02. The first kappa shape index (κ1) is 10.1. The Labute approximate surface area is 92.3 Å². The van der Waals surface area contributed by atoms with Crippen molar-refractivity contribution < 1.29 is 14.3 Å². The largest absolute Gasteiger partial charge is 0.477 e. The van der Waals surface area contributed by atoms with Crippen molar-refractivity contribution in [3.63, 3.8) is 0 Å². The fraction of sp³-hybridized carbons (Fsp3) is 0.111. The maximum absolute atomic E-state index is 13.5. The van der Waals surface area contributed by atoms with E-state index in [1.54, 1.807) is 6.92 Å². The molecule has 0 aliphatic rings. The van der Waals surface area contributed by atoms with Crippen molar-refractivity contribution >= 4 is 32.9 Å². The molecule has 15 heavy (non-hydrogen) atoms. The molecular weight excluding hydrogens is 267 g/mol. The van der Waals surface area contributed by atoms with Gasteiger partial charge in [0.2, 0.25) is 0 Å². The van der Waals surface area contributed by atoms with Gasteiger partial charge in [0.25, 0.3) is 0 Å². The highest BCUT2D eigenvalue weighted by atomic mass is 79.9. The molecule has 0 radical (unpaired) electrons. The van der Waals surface area contributed by atoms with Crippen molar-refractivity contribution in [2.24, 2.45) is 0 Å². The van der Waals surface area contributed by atoms with E-state index in [1.807, 2.05) is 0 Å². The summed E-state index contributed by atoms with van der Waals surface area (Å²) in [5, 5.41) is 8.98. The number of carboxylic acid groups (broad SMARTS) is 1. The SMILES string of the molecule is Cc1cc(F)c2c(Br)c(C(=O)O)[nH]c2n1. The van der Waals surface area contributed by atoms with Crippen molar-refractivity contribution in [1.82, 2.24) is 9.97 Å². The summed E-state index contributed by atoms with van der Waals surface area (Å²) in [6.07, 6.45) is 0. The molecule has 6 heteroatoms. The Bertz CT molecular complexity index is 565. The summed E-state index contributed by atoms with van der Waals surface area (Å²) >= 11 is 3.04. The van der Waals surface area contributed by atoms with Gasteiger partial charge in [0.05, 0.1) is 9.86 Å². The lowest BCUT2D eigenvalue weighted by atomic mass is 10.3. The highest BCUT2D eigenvalue weighted by Crippen LogP contribution is 2.29. The molecule has 4 nitrogen and oxygen atoms in total. The lowest BCUT2D eigenvalue weighted by molar-refractivity contribution is 0.0690. The Morgan fingerprint density at radius 3 is 2.93 bits per heavy atom. The van der Waals surface area contributed by atoms with Crippen LogP contribution in [0.4, 0.5) is 4.39 Å². The molecule has 0 unspecified atom stereocenters. The molecule has 0 amide bonds. The lowest BCUT2D eigenvalue weighted by Gasteiger charge is -1.94. The van der Waals surface area contributed by atoms with E-state index in [2.05, 4.69) is 25.9 Å². The van der Waals surface area contributed by atoms with Gasteiger partial charge in [-0.15, -0.1) is 0 Å². The number of H-pyrrole nitrogens is 1. The second kappa shape index (κ2) is 3.30. The number of pyridine rings is 1. The highest BCUT2D eigenvalue weighted by Gasteiger charge is 2.18. The van der Waals surface area contributed by atoms with Gasteiger partial charge in [0.1, 0.15) is 17.2 Å². The van der Waals surface area contributed by atoms with Crippen LogP contribution in [0.25, 0.3) is 11.0 Å². The molecule has 0 aliphatic heterocycles. The normalized spacial score (nSPS) is 10.9. The van der Waals surface area contributed by atoms with E-state index in [4.69, 9.17) is 5.11 Å². The van der Waals surface area contributed by atoms with Crippen LogP contribution >= 0.6 is 15.9 Å². The molecule has 0 aromatic carbocycles. The van der Waals surface area contributed by atoms with Gasteiger partial charge in [-0.1, -0.05) is 0 Å². The molecule has 78 valence electrons. The number of halogens is 2. The average molecular weight is 273 g/mol. The van der Waals surface area contributed by atoms with Crippen molar-refractivity contribution in [1.29, 1.82) is 0 Å². The number of fused-ring (bicyclic) bond motifs is 1. The standard InChI is InChI=1S/C9H6BrFN2O2/c1-3-2-4(11)5-6(10)7(9(14)15)13-8(5)12-3/h2H,1H3,(H,12,13)(H,14,15). The molecule has 2 rings (SSSR count). The molecule has 2 aromatic heterocycles. The van der Waals surface area contributed by atoms with Crippen molar-refractivity contribution in [2.75, 3.05) is 0 Å². The zero-order valence-corrected chi connectivity index (χ0v) is 9.22. The number of nitrogens with one attached hydrogen (secondary N) is 1. The minimum atomic E-state index is -1.16. The monoisotopic (exact) mass is 272 g/mol. The van der Waals surface area contributed by atoms with Crippen LogP contribution in [-0.2, 0) is 0 Å². The van der Waals surface area contributed by atoms with E-state index in [0.717, 1.165) is 0 Å². The summed E-state index contributed by atoms with van der Waals surface area (Å²) in [6.45, 7) is 1.64. The van der Waals surface area contributed by atoms with Crippen LogP contribution in [0.3, 0.4) is 0 Å². The van der Waals surface area contributed by atoms with E-state index in [1.165, 1.54) is 6.07 Å². The summed E-state index contributed by atoms with van der Waals surface area (Å²) in [4.78, 5) is 17.3. The van der Waals surface area contributed by atoms with Crippen LogP contribution in [-0.4, -0.2) is 21.0 Å². The van der Waals surface area contributed by atoms with Gasteiger partial charge < -0.3 is 10.1 Å². The molecule has 0 saturated heterocycles. The van der Waals surface area contributed by atoms with Gasteiger partial charge in [-0.05, 0) is 28.9 Å². The molecule has 0 aliphatic carbocycles. The Hall–Kier alpha value is -1.43. The summed E-state index contributed by atoms with van der Waals surface area (Å²) < 4.78 is 13.7. The van der Waals surface area contributed by atoms with Crippen LogP contribution in [0.5, 0.6) is 0 Å². The quantitative estimate of drug-likeness (QED) is 0.838. The van der Waals surface area contributed by atoms with Gasteiger partial charge in [0, 0.05) is 5.69 Å². The first-order valence-electron chi connectivity index (χ1n) is 4.08. The smallest absolute Gasteiger partial charge is 0.353 e. The number of hydrogen-bond acceptors (Lipinski definition) is 2. The van der Waals surface area contributed by atoms with Crippen LogP contribution in [0.1, 0.15) is 16.2 Å². The summed E-state index contributed by atoms with van der Waals surface area (Å²) in [6, 6.07) is 1.26. The number of aryl methyl sites for hydroxylation is 1.